The summed E-state index contributed by atoms with van der Waals surface area (Å²) in [5.41, 5.74) is 1.86. The van der Waals surface area contributed by atoms with Crippen molar-refractivity contribution >= 4 is 5.97 Å². The summed E-state index contributed by atoms with van der Waals surface area (Å²) in [6.07, 6.45) is 3.86. The maximum absolute atomic E-state index is 11.3. The molecule has 1 heterocycles. The number of aliphatic carboxylic acids is 1. The molecule has 5 nitrogen and oxygen atoms in total. The average Bonchev–Trinajstić information content (AvgIpc) is 2.46. The summed E-state index contributed by atoms with van der Waals surface area (Å²) < 4.78 is 0. The summed E-state index contributed by atoms with van der Waals surface area (Å²) >= 11 is 0. The Hall–Kier alpha value is -2.27. The highest BCUT2D eigenvalue weighted by Gasteiger charge is 2.17. The quantitative estimate of drug-likeness (QED) is 0.834. The molecule has 2 N–H and O–H groups in total. The van der Waals surface area contributed by atoms with Crippen LogP contribution in [0.5, 0.6) is 0 Å². The lowest BCUT2D eigenvalue weighted by molar-refractivity contribution is -0.139. The second kappa shape index (κ2) is 6.77. The minimum absolute atomic E-state index is 0.435. The van der Waals surface area contributed by atoms with E-state index in [1.54, 1.807) is 12.4 Å². The number of carboxylic acids is 1. The van der Waals surface area contributed by atoms with Crippen LogP contribution in [0.4, 0.5) is 0 Å². The van der Waals surface area contributed by atoms with Gasteiger partial charge in [0.15, 0.2) is 0 Å². The van der Waals surface area contributed by atoms with Crippen LogP contribution in [0.2, 0.25) is 0 Å². The van der Waals surface area contributed by atoms with Crippen molar-refractivity contribution in [3.05, 3.63) is 59.7 Å². The lowest BCUT2D eigenvalue weighted by Gasteiger charge is -2.14. The van der Waals surface area contributed by atoms with Gasteiger partial charge in [0.05, 0.1) is 0 Å². The molecule has 0 spiro atoms. The first-order chi connectivity index (χ1) is 9.65. The Labute approximate surface area is 117 Å². The Morgan fingerprint density at radius 2 is 1.85 bits per heavy atom. The van der Waals surface area contributed by atoms with E-state index in [1.807, 2.05) is 37.3 Å². The smallest absolute Gasteiger partial charge is 0.321 e. The lowest BCUT2D eigenvalue weighted by atomic mass is 10.1. The van der Waals surface area contributed by atoms with Gasteiger partial charge in [-0.25, -0.2) is 9.97 Å². The molecule has 1 aromatic heterocycles. The number of hydrogen-bond donors (Lipinski definition) is 2. The highest BCUT2D eigenvalue weighted by molar-refractivity contribution is 5.73. The van der Waals surface area contributed by atoms with E-state index in [2.05, 4.69) is 15.3 Å². The van der Waals surface area contributed by atoms with Gasteiger partial charge >= 0.3 is 5.97 Å². The summed E-state index contributed by atoms with van der Waals surface area (Å²) in [4.78, 5) is 19.5. The van der Waals surface area contributed by atoms with Crippen molar-refractivity contribution in [1.29, 1.82) is 0 Å². The molecule has 1 atom stereocenters. The molecule has 2 aromatic rings. The van der Waals surface area contributed by atoms with Crippen LogP contribution in [0.25, 0.3) is 0 Å². The van der Waals surface area contributed by atoms with Gasteiger partial charge in [0.1, 0.15) is 11.9 Å². The van der Waals surface area contributed by atoms with Crippen LogP contribution in [0.3, 0.4) is 0 Å². The van der Waals surface area contributed by atoms with Crippen molar-refractivity contribution < 1.29 is 9.90 Å². The predicted molar refractivity (Wildman–Crippen MR) is 75.2 cm³/mol. The van der Waals surface area contributed by atoms with Gasteiger partial charge in [0.25, 0.3) is 0 Å². The van der Waals surface area contributed by atoms with Crippen LogP contribution >= 0.6 is 0 Å². The van der Waals surface area contributed by atoms with Gasteiger partial charge in [0, 0.05) is 24.5 Å². The second-order valence-corrected chi connectivity index (χ2v) is 4.60. The van der Waals surface area contributed by atoms with E-state index in [-0.39, 0.29) is 0 Å². The van der Waals surface area contributed by atoms with Gasteiger partial charge < -0.3 is 5.11 Å². The number of carbonyl (C=O) groups is 1. The molecular formula is C15H17N3O2. The molecule has 2 rings (SSSR count). The van der Waals surface area contributed by atoms with Crippen LogP contribution < -0.4 is 5.32 Å². The van der Waals surface area contributed by atoms with Crippen molar-refractivity contribution in [3.63, 3.8) is 0 Å². The van der Waals surface area contributed by atoms with Crippen LogP contribution in [0.15, 0.2) is 42.7 Å². The first-order valence-corrected chi connectivity index (χ1v) is 6.43. The zero-order valence-corrected chi connectivity index (χ0v) is 11.3. The highest BCUT2D eigenvalue weighted by Crippen LogP contribution is 2.04. The normalized spacial score (nSPS) is 12.1. The summed E-state index contributed by atoms with van der Waals surface area (Å²) in [6.45, 7) is 2.25. The van der Waals surface area contributed by atoms with Gasteiger partial charge in [-0.3, -0.25) is 10.1 Å². The molecule has 5 heteroatoms. The molecule has 0 bridgehead atoms. The third-order valence-corrected chi connectivity index (χ3v) is 2.97. The minimum atomic E-state index is -0.859. The van der Waals surface area contributed by atoms with E-state index in [1.165, 1.54) is 0 Å². The fourth-order valence-corrected chi connectivity index (χ4v) is 1.85. The largest absolute Gasteiger partial charge is 0.480 e. The Morgan fingerprint density at radius 1 is 1.20 bits per heavy atom. The molecule has 0 saturated carbocycles. The number of aryl methyl sites for hydroxylation is 1. The Morgan fingerprint density at radius 3 is 2.45 bits per heavy atom. The standard InChI is InChI=1S/C15H17N3O2/c1-11-16-8-13(9-17-11)10-18-14(15(19)20)7-12-5-3-2-4-6-12/h2-6,8-9,14,18H,7,10H2,1H3,(H,19,20)/t14-/m1/s1. The van der Waals surface area contributed by atoms with E-state index in [9.17, 15) is 9.90 Å². The SMILES string of the molecule is Cc1ncc(CN[C@H](Cc2ccccc2)C(=O)O)cn1. The van der Waals surface area contributed by atoms with Crippen molar-refractivity contribution in [3.8, 4) is 0 Å². The van der Waals surface area contributed by atoms with Crippen molar-refractivity contribution in [2.75, 3.05) is 0 Å². The van der Waals surface area contributed by atoms with E-state index < -0.39 is 12.0 Å². The van der Waals surface area contributed by atoms with Crippen LogP contribution in [-0.2, 0) is 17.8 Å². The third kappa shape index (κ3) is 4.13. The van der Waals surface area contributed by atoms with Crippen molar-refractivity contribution in [1.82, 2.24) is 15.3 Å². The molecule has 0 fully saturated rings. The third-order valence-electron chi connectivity index (χ3n) is 2.97. The van der Waals surface area contributed by atoms with Crippen LogP contribution in [0.1, 0.15) is 17.0 Å². The van der Waals surface area contributed by atoms with Gasteiger partial charge in [-0.1, -0.05) is 30.3 Å². The van der Waals surface area contributed by atoms with Crippen LogP contribution in [-0.4, -0.2) is 27.1 Å². The molecule has 0 radical (unpaired) electrons. The molecule has 20 heavy (non-hydrogen) atoms. The topological polar surface area (TPSA) is 75.1 Å². The Bertz CT molecular complexity index is 555. The van der Waals surface area contributed by atoms with Gasteiger partial charge in [0.2, 0.25) is 0 Å². The second-order valence-electron chi connectivity index (χ2n) is 4.60. The first-order valence-electron chi connectivity index (χ1n) is 6.43. The predicted octanol–water partition coefficient (Wildman–Crippen LogP) is 1.57. The van der Waals surface area contributed by atoms with Gasteiger partial charge in [-0.05, 0) is 18.9 Å². The maximum Gasteiger partial charge on any atom is 0.321 e. The van der Waals surface area contributed by atoms with E-state index in [4.69, 9.17) is 0 Å². The zero-order valence-electron chi connectivity index (χ0n) is 11.3. The summed E-state index contributed by atoms with van der Waals surface area (Å²) in [5.74, 6) is -0.158. The number of nitrogens with one attached hydrogen (secondary N) is 1. The number of hydrogen-bond acceptors (Lipinski definition) is 4. The molecule has 0 aliphatic rings. The number of carboxylic acid groups (broad SMARTS) is 1. The fourth-order valence-electron chi connectivity index (χ4n) is 1.85. The maximum atomic E-state index is 11.3. The zero-order chi connectivity index (χ0) is 14.4. The molecule has 0 saturated heterocycles. The van der Waals surface area contributed by atoms with Gasteiger partial charge in [-0.15, -0.1) is 0 Å². The molecule has 0 aliphatic heterocycles. The number of aromatic nitrogens is 2. The summed E-state index contributed by atoms with van der Waals surface area (Å²) in [5, 5.41) is 12.3. The molecule has 0 amide bonds. The number of nitrogens with zero attached hydrogens (tertiary/aromatic N) is 2. The Balaban J connectivity index is 1.96. The highest BCUT2D eigenvalue weighted by atomic mass is 16.4. The lowest BCUT2D eigenvalue weighted by Crippen LogP contribution is -2.38. The van der Waals surface area contributed by atoms with Crippen LogP contribution in [0, 0.1) is 6.92 Å². The van der Waals surface area contributed by atoms with E-state index >= 15 is 0 Å². The first kappa shape index (κ1) is 14.1. The molecule has 0 aliphatic carbocycles. The minimum Gasteiger partial charge on any atom is -0.480 e. The van der Waals surface area contributed by atoms with Crippen molar-refractivity contribution in [2.45, 2.75) is 25.9 Å². The van der Waals surface area contributed by atoms with Gasteiger partial charge in [-0.2, -0.15) is 0 Å². The number of rotatable bonds is 6. The molecule has 0 unspecified atom stereocenters. The number of benzene rings is 1. The summed E-state index contributed by atoms with van der Waals surface area (Å²) in [7, 11) is 0. The molecular weight excluding hydrogens is 254 g/mol. The molecule has 104 valence electrons. The average molecular weight is 271 g/mol. The Kier molecular flexibility index (Phi) is 4.79. The van der Waals surface area contributed by atoms with E-state index in [0.717, 1.165) is 11.1 Å². The molecule has 1 aromatic carbocycles. The fraction of sp³-hybridized carbons (Fsp3) is 0.267. The van der Waals surface area contributed by atoms with Crippen molar-refractivity contribution in [2.24, 2.45) is 0 Å². The summed E-state index contributed by atoms with van der Waals surface area (Å²) in [6, 6.07) is 8.94. The monoisotopic (exact) mass is 271 g/mol. The van der Waals surface area contributed by atoms with E-state index in [0.29, 0.717) is 18.8 Å².